The second kappa shape index (κ2) is 11.0. The lowest BCUT2D eigenvalue weighted by molar-refractivity contribution is -0.121. The molecule has 2 aromatic heterocycles. The molecule has 3 aromatic carbocycles. The van der Waals surface area contributed by atoms with Crippen LogP contribution in [0, 0.1) is 6.92 Å². The van der Waals surface area contributed by atoms with E-state index >= 15 is 0 Å². The second-order valence-electron chi connectivity index (χ2n) is 10.00. The minimum Gasteiger partial charge on any atom is -0.454 e. The van der Waals surface area contributed by atoms with E-state index < -0.39 is 0 Å². The molecule has 0 fully saturated rings. The van der Waals surface area contributed by atoms with Crippen LogP contribution >= 0.6 is 0 Å². The first-order valence-corrected chi connectivity index (χ1v) is 13.4. The van der Waals surface area contributed by atoms with Crippen LogP contribution in [0.5, 0.6) is 11.5 Å². The molecule has 39 heavy (non-hydrogen) atoms. The van der Waals surface area contributed by atoms with Gasteiger partial charge in [-0.2, -0.15) is 0 Å². The van der Waals surface area contributed by atoms with Gasteiger partial charge in [0, 0.05) is 37.2 Å². The Hall–Kier alpha value is -4.58. The van der Waals surface area contributed by atoms with Crippen molar-refractivity contribution in [3.63, 3.8) is 0 Å². The van der Waals surface area contributed by atoms with Crippen molar-refractivity contribution >= 4 is 11.6 Å². The van der Waals surface area contributed by atoms with Gasteiger partial charge >= 0.3 is 0 Å². The topological polar surface area (TPSA) is 64.9 Å². The van der Waals surface area contributed by atoms with Gasteiger partial charge in [0.15, 0.2) is 11.5 Å². The van der Waals surface area contributed by atoms with Crippen molar-refractivity contribution < 1.29 is 14.3 Å². The fourth-order valence-corrected chi connectivity index (χ4v) is 5.39. The van der Waals surface area contributed by atoms with E-state index in [2.05, 4.69) is 76.2 Å². The number of pyridine rings is 1. The van der Waals surface area contributed by atoms with Crippen LogP contribution in [0.3, 0.4) is 0 Å². The Morgan fingerprint density at radius 2 is 1.59 bits per heavy atom. The molecule has 3 heterocycles. The highest BCUT2D eigenvalue weighted by Gasteiger charge is 2.25. The van der Waals surface area contributed by atoms with E-state index in [1.807, 2.05) is 48.8 Å². The number of fused-ring (bicyclic) bond motifs is 2. The summed E-state index contributed by atoms with van der Waals surface area (Å²) in [5.74, 6) is 1.44. The van der Waals surface area contributed by atoms with Crippen LogP contribution in [0.1, 0.15) is 52.6 Å². The normalized spacial score (nSPS) is 13.1. The minimum absolute atomic E-state index is 0.000369. The first-order chi connectivity index (χ1) is 19.2. The predicted molar refractivity (Wildman–Crippen MR) is 151 cm³/mol. The van der Waals surface area contributed by atoms with E-state index in [0.717, 1.165) is 34.6 Å². The average Bonchev–Trinajstić information content (AvgIpc) is 3.61. The summed E-state index contributed by atoms with van der Waals surface area (Å²) < 4.78 is 13.2. The molecule has 6 nitrogen and oxygen atoms in total. The van der Waals surface area contributed by atoms with Gasteiger partial charge in [-0.25, -0.2) is 4.98 Å². The standard InChI is InChI=1S/C33H31N3O3/c1-23-15-17-36-29(21-35-32(36)18-23)28(26-12-13-30-31(19-26)39-22-38-30)20-33(37)34-16-14-27(24-8-4-2-5-9-24)25-10-6-3-7-11-25/h2-13,15,17-19,21,27-28H,14,16,20,22H2,1H3,(H,34,37). The summed E-state index contributed by atoms with van der Waals surface area (Å²) >= 11 is 0. The number of carbonyl (C=O) groups is 1. The van der Waals surface area contributed by atoms with E-state index in [1.54, 1.807) is 0 Å². The maximum Gasteiger partial charge on any atom is 0.231 e. The predicted octanol–water partition coefficient (Wildman–Crippen LogP) is 6.23. The largest absolute Gasteiger partial charge is 0.454 e. The van der Waals surface area contributed by atoms with E-state index in [4.69, 9.17) is 9.47 Å². The summed E-state index contributed by atoms with van der Waals surface area (Å²) in [6, 6.07) is 31.0. The molecular formula is C33H31N3O3. The highest BCUT2D eigenvalue weighted by Crippen LogP contribution is 2.38. The zero-order chi connectivity index (χ0) is 26.6. The number of imidazole rings is 1. The van der Waals surface area contributed by atoms with Crippen LogP contribution in [0.4, 0.5) is 0 Å². The number of hydrogen-bond acceptors (Lipinski definition) is 4. The minimum atomic E-state index is -0.198. The Balaban J connectivity index is 1.22. The third-order valence-electron chi connectivity index (χ3n) is 7.40. The molecule has 0 spiro atoms. The maximum absolute atomic E-state index is 13.4. The quantitative estimate of drug-likeness (QED) is 0.252. The van der Waals surface area contributed by atoms with Crippen LogP contribution < -0.4 is 14.8 Å². The summed E-state index contributed by atoms with van der Waals surface area (Å²) in [6.45, 7) is 2.84. The zero-order valence-corrected chi connectivity index (χ0v) is 21.9. The number of nitrogens with zero attached hydrogens (tertiary/aromatic N) is 2. The molecule has 1 atom stereocenters. The number of aromatic nitrogens is 2. The molecule has 0 saturated carbocycles. The van der Waals surface area contributed by atoms with Crippen molar-refractivity contribution in [2.24, 2.45) is 0 Å². The van der Waals surface area contributed by atoms with Gasteiger partial charge in [-0.15, -0.1) is 0 Å². The average molecular weight is 518 g/mol. The van der Waals surface area contributed by atoms with E-state index in [1.165, 1.54) is 11.1 Å². The molecule has 6 heteroatoms. The summed E-state index contributed by atoms with van der Waals surface area (Å²) in [4.78, 5) is 18.0. The highest BCUT2D eigenvalue weighted by atomic mass is 16.7. The number of aryl methyl sites for hydroxylation is 1. The Kier molecular flexibility index (Phi) is 7.00. The number of nitrogens with one attached hydrogen (secondary N) is 1. The van der Waals surface area contributed by atoms with Gasteiger partial charge < -0.3 is 19.2 Å². The molecule has 1 aliphatic heterocycles. The van der Waals surface area contributed by atoms with E-state index in [-0.39, 0.29) is 24.5 Å². The first kappa shape index (κ1) is 24.7. The monoisotopic (exact) mass is 517 g/mol. The van der Waals surface area contributed by atoms with Crippen molar-refractivity contribution in [2.75, 3.05) is 13.3 Å². The summed E-state index contributed by atoms with van der Waals surface area (Å²) in [5.41, 5.74) is 6.45. The first-order valence-electron chi connectivity index (χ1n) is 13.4. The highest BCUT2D eigenvalue weighted by molar-refractivity contribution is 5.77. The van der Waals surface area contributed by atoms with Crippen LogP contribution in [0.15, 0.2) is 103 Å². The zero-order valence-electron chi connectivity index (χ0n) is 21.9. The maximum atomic E-state index is 13.4. The number of amides is 1. The van der Waals surface area contributed by atoms with Crippen molar-refractivity contribution in [3.8, 4) is 11.5 Å². The molecule has 0 radical (unpaired) electrons. The van der Waals surface area contributed by atoms with Crippen molar-refractivity contribution in [2.45, 2.75) is 31.6 Å². The third kappa shape index (κ3) is 5.36. The SMILES string of the molecule is Cc1ccn2c(C(CC(=O)NCCC(c3ccccc3)c3ccccc3)c3ccc4c(c3)OCO4)cnc2c1. The number of hydrogen-bond donors (Lipinski definition) is 1. The van der Waals surface area contributed by atoms with Crippen LogP contribution in [0.2, 0.25) is 0 Å². The summed E-state index contributed by atoms with van der Waals surface area (Å²) in [6.07, 6.45) is 5.00. The molecule has 0 saturated heterocycles. The number of benzene rings is 3. The van der Waals surface area contributed by atoms with E-state index in [0.29, 0.717) is 18.7 Å². The molecule has 5 aromatic rings. The lowest BCUT2D eigenvalue weighted by Crippen LogP contribution is -2.27. The number of rotatable bonds is 9. The van der Waals surface area contributed by atoms with Crippen molar-refractivity contribution in [1.29, 1.82) is 0 Å². The Morgan fingerprint density at radius 1 is 0.872 bits per heavy atom. The van der Waals surface area contributed by atoms with Crippen molar-refractivity contribution in [1.82, 2.24) is 14.7 Å². The molecule has 1 unspecified atom stereocenters. The molecule has 1 aliphatic rings. The Bertz CT molecular complexity index is 1540. The summed E-state index contributed by atoms with van der Waals surface area (Å²) in [7, 11) is 0. The molecule has 0 bridgehead atoms. The molecule has 196 valence electrons. The fraction of sp³-hybridized carbons (Fsp3) is 0.212. The smallest absolute Gasteiger partial charge is 0.231 e. The van der Waals surface area contributed by atoms with Gasteiger partial charge in [0.1, 0.15) is 5.65 Å². The molecular weight excluding hydrogens is 486 g/mol. The third-order valence-corrected chi connectivity index (χ3v) is 7.40. The Labute approximate surface area is 228 Å². The lowest BCUT2D eigenvalue weighted by Gasteiger charge is -2.20. The molecule has 0 aliphatic carbocycles. The van der Waals surface area contributed by atoms with Gasteiger partial charge in [0.25, 0.3) is 0 Å². The van der Waals surface area contributed by atoms with Crippen LogP contribution in [-0.2, 0) is 4.79 Å². The molecule has 1 amide bonds. The second-order valence-corrected chi connectivity index (χ2v) is 10.00. The van der Waals surface area contributed by atoms with Crippen LogP contribution in [0.25, 0.3) is 5.65 Å². The summed E-state index contributed by atoms with van der Waals surface area (Å²) in [5, 5.41) is 3.20. The van der Waals surface area contributed by atoms with Gasteiger partial charge in [0.05, 0.1) is 5.69 Å². The van der Waals surface area contributed by atoms with Gasteiger partial charge in [-0.1, -0.05) is 66.7 Å². The van der Waals surface area contributed by atoms with Gasteiger partial charge in [0.2, 0.25) is 12.7 Å². The van der Waals surface area contributed by atoms with Gasteiger partial charge in [-0.3, -0.25) is 4.79 Å². The van der Waals surface area contributed by atoms with E-state index in [9.17, 15) is 4.79 Å². The van der Waals surface area contributed by atoms with Gasteiger partial charge in [-0.05, 0) is 59.9 Å². The van der Waals surface area contributed by atoms with Crippen LogP contribution in [-0.4, -0.2) is 28.6 Å². The number of carbonyl (C=O) groups excluding carboxylic acids is 1. The van der Waals surface area contributed by atoms with Crippen molar-refractivity contribution in [3.05, 3.63) is 131 Å². The number of ether oxygens (including phenoxy) is 2. The Morgan fingerprint density at radius 3 is 2.33 bits per heavy atom. The molecule has 1 N–H and O–H groups in total. The lowest BCUT2D eigenvalue weighted by atomic mass is 9.88. The molecule has 6 rings (SSSR count). The fourth-order valence-electron chi connectivity index (χ4n) is 5.39.